The Bertz CT molecular complexity index is 780. The molecule has 6 nitrogen and oxygen atoms in total. The molecule has 1 saturated heterocycles. The molecule has 0 atom stereocenters. The maximum atomic E-state index is 12.7. The predicted molar refractivity (Wildman–Crippen MR) is 109 cm³/mol. The summed E-state index contributed by atoms with van der Waals surface area (Å²) in [4.78, 5) is 17.0. The van der Waals surface area contributed by atoms with Gasteiger partial charge in [0.1, 0.15) is 5.82 Å². The number of amides is 1. The van der Waals surface area contributed by atoms with E-state index in [1.807, 2.05) is 11.0 Å². The fourth-order valence-corrected chi connectivity index (χ4v) is 3.24. The van der Waals surface area contributed by atoms with E-state index in [1.165, 1.54) is 16.8 Å². The Morgan fingerprint density at radius 2 is 1.81 bits per heavy atom. The molecule has 0 radical (unpaired) electrons. The molecule has 6 heteroatoms. The first-order valence-corrected chi connectivity index (χ1v) is 9.63. The zero-order valence-electron chi connectivity index (χ0n) is 16.7. The van der Waals surface area contributed by atoms with Gasteiger partial charge in [0.05, 0.1) is 0 Å². The third-order valence-electron chi connectivity index (χ3n) is 5.06. The number of piperazine rings is 1. The summed E-state index contributed by atoms with van der Waals surface area (Å²) in [6, 6.07) is 9.98. The summed E-state index contributed by atoms with van der Waals surface area (Å²) in [5.74, 6) is 1.19. The maximum absolute atomic E-state index is 12.7. The van der Waals surface area contributed by atoms with Gasteiger partial charge in [-0.15, -0.1) is 10.2 Å². The number of aromatic nitrogens is 2. The molecule has 1 aromatic heterocycles. The predicted octanol–water partition coefficient (Wildman–Crippen LogP) is 3.12. The molecule has 1 aromatic carbocycles. The molecule has 3 rings (SSSR count). The number of aryl methyl sites for hydroxylation is 1. The molecule has 1 amide bonds. The highest BCUT2D eigenvalue weighted by Crippen LogP contribution is 2.24. The number of rotatable bonds is 5. The van der Waals surface area contributed by atoms with Crippen LogP contribution in [0.4, 0.5) is 11.5 Å². The summed E-state index contributed by atoms with van der Waals surface area (Å²) in [6.45, 7) is 12.5. The monoisotopic (exact) mass is 367 g/mol. The van der Waals surface area contributed by atoms with Gasteiger partial charge in [-0.1, -0.05) is 26.0 Å². The molecule has 0 bridgehead atoms. The van der Waals surface area contributed by atoms with Gasteiger partial charge in [-0.05, 0) is 49.1 Å². The number of carbonyl (C=O) groups excluding carboxylic acids is 1. The van der Waals surface area contributed by atoms with Crippen LogP contribution in [0, 0.1) is 19.8 Å². The van der Waals surface area contributed by atoms with Crippen molar-refractivity contribution in [3.63, 3.8) is 0 Å². The lowest BCUT2D eigenvalue weighted by Crippen LogP contribution is -2.49. The first-order chi connectivity index (χ1) is 13.0. The van der Waals surface area contributed by atoms with Gasteiger partial charge in [-0.25, -0.2) is 0 Å². The van der Waals surface area contributed by atoms with Crippen LogP contribution in [0.3, 0.4) is 0 Å². The molecule has 0 unspecified atom stereocenters. The van der Waals surface area contributed by atoms with Crippen molar-refractivity contribution >= 4 is 17.4 Å². The number of nitrogens with zero attached hydrogens (tertiary/aromatic N) is 4. The van der Waals surface area contributed by atoms with Gasteiger partial charge in [0, 0.05) is 38.4 Å². The summed E-state index contributed by atoms with van der Waals surface area (Å²) in [5.41, 5.74) is 4.29. The molecular formula is C21H29N5O. The second kappa shape index (κ2) is 8.37. The van der Waals surface area contributed by atoms with Gasteiger partial charge >= 0.3 is 0 Å². The van der Waals surface area contributed by atoms with Crippen LogP contribution in [0.25, 0.3) is 0 Å². The summed E-state index contributed by atoms with van der Waals surface area (Å²) in [5, 5.41) is 11.5. The van der Waals surface area contributed by atoms with Gasteiger partial charge in [-0.3, -0.25) is 4.79 Å². The largest absolute Gasteiger partial charge is 0.368 e. The molecule has 0 spiro atoms. The van der Waals surface area contributed by atoms with Crippen LogP contribution in [0.1, 0.15) is 35.5 Å². The van der Waals surface area contributed by atoms with E-state index >= 15 is 0 Å². The molecule has 0 saturated carbocycles. The number of benzene rings is 1. The normalized spacial score (nSPS) is 14.6. The molecule has 144 valence electrons. The molecule has 1 N–H and O–H groups in total. The lowest BCUT2D eigenvalue weighted by Gasteiger charge is -2.36. The van der Waals surface area contributed by atoms with Gasteiger partial charge in [0.25, 0.3) is 5.91 Å². The molecule has 2 heterocycles. The zero-order valence-corrected chi connectivity index (χ0v) is 16.7. The second-order valence-corrected chi connectivity index (χ2v) is 7.58. The van der Waals surface area contributed by atoms with E-state index in [0.29, 0.717) is 30.5 Å². The molecule has 2 aromatic rings. The van der Waals surface area contributed by atoms with Crippen molar-refractivity contribution in [2.45, 2.75) is 27.7 Å². The molecule has 1 aliphatic heterocycles. The zero-order chi connectivity index (χ0) is 19.4. The minimum absolute atomic E-state index is 0.0430. The van der Waals surface area contributed by atoms with Crippen molar-refractivity contribution in [2.75, 3.05) is 42.9 Å². The number of carbonyl (C=O) groups is 1. The molecule has 1 fully saturated rings. The average Bonchev–Trinajstić information content (AvgIpc) is 2.68. The standard InChI is InChI=1S/C21H29N5O/c1-15(2)14-22-20-9-8-18(23-24-20)21(27)26-12-10-25(11-13-26)19-7-5-6-16(3)17(19)4/h5-9,15H,10-14H2,1-4H3,(H,22,24). The van der Waals surface area contributed by atoms with Crippen molar-refractivity contribution in [1.29, 1.82) is 0 Å². The number of nitrogens with one attached hydrogen (secondary N) is 1. The van der Waals surface area contributed by atoms with Crippen LogP contribution in [0.15, 0.2) is 30.3 Å². The fraction of sp³-hybridized carbons (Fsp3) is 0.476. The van der Waals surface area contributed by atoms with Crippen molar-refractivity contribution in [1.82, 2.24) is 15.1 Å². The van der Waals surface area contributed by atoms with Crippen LogP contribution in [-0.4, -0.2) is 53.7 Å². The number of hydrogen-bond acceptors (Lipinski definition) is 5. The molecule has 0 aliphatic carbocycles. The highest BCUT2D eigenvalue weighted by Gasteiger charge is 2.24. The Hall–Kier alpha value is -2.63. The van der Waals surface area contributed by atoms with Crippen LogP contribution in [0.5, 0.6) is 0 Å². The topological polar surface area (TPSA) is 61.4 Å². The third-order valence-corrected chi connectivity index (χ3v) is 5.06. The van der Waals surface area contributed by atoms with Crippen LogP contribution >= 0.6 is 0 Å². The van der Waals surface area contributed by atoms with E-state index < -0.39 is 0 Å². The Morgan fingerprint density at radius 1 is 1.07 bits per heavy atom. The second-order valence-electron chi connectivity index (χ2n) is 7.58. The van der Waals surface area contributed by atoms with Crippen LogP contribution in [-0.2, 0) is 0 Å². The van der Waals surface area contributed by atoms with E-state index in [1.54, 1.807) is 6.07 Å². The summed E-state index contributed by atoms with van der Waals surface area (Å²) >= 11 is 0. The summed E-state index contributed by atoms with van der Waals surface area (Å²) in [6.07, 6.45) is 0. The van der Waals surface area contributed by atoms with E-state index in [0.717, 1.165) is 19.6 Å². The van der Waals surface area contributed by atoms with E-state index in [-0.39, 0.29) is 5.91 Å². The van der Waals surface area contributed by atoms with Gasteiger partial charge in [0.15, 0.2) is 5.69 Å². The van der Waals surface area contributed by atoms with Crippen molar-refractivity contribution in [2.24, 2.45) is 5.92 Å². The summed E-state index contributed by atoms with van der Waals surface area (Å²) < 4.78 is 0. The highest BCUT2D eigenvalue weighted by atomic mass is 16.2. The Balaban J connectivity index is 1.59. The Labute approximate surface area is 161 Å². The van der Waals surface area contributed by atoms with Crippen molar-refractivity contribution < 1.29 is 4.79 Å². The lowest BCUT2D eigenvalue weighted by atomic mass is 10.1. The maximum Gasteiger partial charge on any atom is 0.274 e. The SMILES string of the molecule is Cc1cccc(N2CCN(C(=O)c3ccc(NCC(C)C)nn3)CC2)c1C. The van der Waals surface area contributed by atoms with Gasteiger partial charge in [-0.2, -0.15) is 0 Å². The van der Waals surface area contributed by atoms with Crippen LogP contribution < -0.4 is 10.2 Å². The fourth-order valence-electron chi connectivity index (χ4n) is 3.24. The molecule has 27 heavy (non-hydrogen) atoms. The van der Waals surface area contributed by atoms with Crippen LogP contribution in [0.2, 0.25) is 0 Å². The minimum Gasteiger partial charge on any atom is -0.368 e. The number of anilines is 2. The Kier molecular flexibility index (Phi) is 5.94. The third kappa shape index (κ3) is 4.56. The van der Waals surface area contributed by atoms with E-state index in [2.05, 4.69) is 66.3 Å². The van der Waals surface area contributed by atoms with Crippen molar-refractivity contribution in [3.8, 4) is 0 Å². The molecule has 1 aliphatic rings. The lowest BCUT2D eigenvalue weighted by molar-refractivity contribution is 0.0739. The van der Waals surface area contributed by atoms with Gasteiger partial charge in [0.2, 0.25) is 0 Å². The van der Waals surface area contributed by atoms with E-state index in [4.69, 9.17) is 0 Å². The van der Waals surface area contributed by atoms with E-state index in [9.17, 15) is 4.79 Å². The average molecular weight is 367 g/mol. The molecular weight excluding hydrogens is 338 g/mol. The summed E-state index contributed by atoms with van der Waals surface area (Å²) in [7, 11) is 0. The minimum atomic E-state index is -0.0430. The smallest absolute Gasteiger partial charge is 0.274 e. The highest BCUT2D eigenvalue weighted by molar-refractivity contribution is 5.92. The first kappa shape index (κ1) is 19.1. The first-order valence-electron chi connectivity index (χ1n) is 9.63. The quantitative estimate of drug-likeness (QED) is 0.880. The van der Waals surface area contributed by atoms with Gasteiger partial charge < -0.3 is 15.1 Å². The van der Waals surface area contributed by atoms with Crippen molar-refractivity contribution in [3.05, 3.63) is 47.2 Å². The number of hydrogen-bond donors (Lipinski definition) is 1. The Morgan fingerprint density at radius 3 is 2.44 bits per heavy atom.